The summed E-state index contributed by atoms with van der Waals surface area (Å²) in [5.74, 6) is -2.43. The highest BCUT2D eigenvalue weighted by atomic mass is 35.5. The smallest absolute Gasteiger partial charge is 0.297 e. The number of fused-ring (bicyclic) bond motifs is 4. The zero-order valence-corrected chi connectivity index (χ0v) is 69.7. The number of anilines is 8. The van der Waals surface area contributed by atoms with Gasteiger partial charge in [0.25, 0.3) is 80.9 Å². The normalized spacial score (nSPS) is 13.9. The van der Waals surface area contributed by atoms with Crippen molar-refractivity contribution in [2.45, 2.75) is 53.0 Å². The van der Waals surface area contributed by atoms with Gasteiger partial charge in [0, 0.05) is 72.2 Å². The second-order valence-corrected chi connectivity index (χ2v) is 38.0. The first-order valence-electron chi connectivity index (χ1n) is 33.9. The zero-order valence-electron chi connectivity index (χ0n) is 61.6. The molecular weight excluding hydrogens is 1830 g/mol. The molecule has 0 saturated carbocycles. The number of nitrogen functional groups attached to an aromatic ring is 2. The fourth-order valence-corrected chi connectivity index (χ4v) is 18.8. The van der Waals surface area contributed by atoms with Crippen LogP contribution in [0, 0.1) is 13.8 Å². The summed E-state index contributed by atoms with van der Waals surface area (Å²) in [6, 6.07) is 20.1. The van der Waals surface area contributed by atoms with Crippen LogP contribution in [0.25, 0.3) is 43.1 Å². The van der Waals surface area contributed by atoms with Crippen molar-refractivity contribution in [1.82, 2.24) is 34.8 Å². The second-order valence-electron chi connectivity index (χ2n) is 26.2. The van der Waals surface area contributed by atoms with E-state index >= 15 is 0 Å². The van der Waals surface area contributed by atoms with E-state index in [1.807, 2.05) is 4.90 Å². The largest absolute Gasteiger partial charge is 0.505 e. The number of aromatic hydroxyl groups is 2. The number of nitrogens with one attached hydrogen (secondary N) is 3. The number of aryl methyl sites for hydroxylation is 2. The molecule has 0 aliphatic carbocycles. The minimum Gasteiger partial charge on any atom is -0.505 e. The third-order valence-corrected chi connectivity index (χ3v) is 25.8. The van der Waals surface area contributed by atoms with Crippen LogP contribution >= 0.6 is 23.2 Å². The standard InChI is InChI=1S/C66H55Cl2N21O26S8/c1-29-23-31-26-48(121(107,108)109)56(58(91)49(31)51(69)53(29)84-80-39-13-11-35-37(59(39)122(110,111)112)5-3-7-43(35)116(92,93)94)87-83-42-28-34(10-16-46(42)119(101,102)103)73-65-76-62(68)77-66(79-65)89-21-19-88(20-22-89)18-17-71-63-74-61(67)75-64(78-63)72-33-9-15-45(118(98,99)100)41(27-33)82-85-54-30(2)24-32-25-47(120(104,105)106)55(52(70)50(32)57(54)90)86-81-40-14-12-36-38(60(40)123(113,114)115)6-4-8-44(36)117(95,96)97/h3-16,23-28,90-91H,17-22,69-70H2,1-2H3,(H,92,93,94)(H,95,96,97)(H,98,99,100)(H,101,102,103)(H,104,105,106)(H,107,108,109)(H,110,111,112)(H,113,114,115)(H,73,76,77,79)(H2,71,72,74,75,78). The average molecular weight is 1890 g/mol. The highest BCUT2D eigenvalue weighted by Crippen LogP contribution is 2.51. The average Bonchev–Trinajstić information content (AvgIpc) is 0.735. The van der Waals surface area contributed by atoms with Crippen molar-refractivity contribution in [3.8, 4) is 11.5 Å². The third-order valence-electron chi connectivity index (χ3n) is 18.2. The van der Waals surface area contributed by atoms with E-state index < -0.39 is 210 Å². The van der Waals surface area contributed by atoms with Gasteiger partial charge in [-0.1, -0.05) is 36.4 Å². The molecule has 1 aliphatic heterocycles. The number of hydrogen-bond acceptors (Lipinski definition) is 39. The monoisotopic (exact) mass is 1880 g/mol. The minimum atomic E-state index is -5.37. The topological polar surface area (TPSA) is 746 Å². The maximum Gasteiger partial charge on any atom is 0.297 e. The van der Waals surface area contributed by atoms with E-state index in [0.717, 1.165) is 103 Å². The summed E-state index contributed by atoms with van der Waals surface area (Å²) in [7, 11) is -41.5. The lowest BCUT2D eigenvalue weighted by Crippen LogP contribution is -2.48. The molecule has 12 aromatic rings. The van der Waals surface area contributed by atoms with Crippen molar-refractivity contribution < 1.29 is 114 Å². The quantitative estimate of drug-likeness (QED) is 0.0144. The molecule has 47 nitrogen and oxygen atoms in total. The maximum absolute atomic E-state index is 13.0. The number of rotatable bonds is 25. The van der Waals surface area contributed by atoms with Crippen molar-refractivity contribution >= 4 is 239 Å². The first kappa shape index (κ1) is 88.7. The van der Waals surface area contributed by atoms with Crippen LogP contribution in [0.15, 0.2) is 201 Å². The van der Waals surface area contributed by atoms with Gasteiger partial charge in [-0.2, -0.15) is 97.2 Å². The number of nitrogens with zero attached hydrogens (tertiary/aromatic N) is 16. The van der Waals surface area contributed by atoms with E-state index in [4.69, 9.17) is 34.7 Å². The van der Waals surface area contributed by atoms with Gasteiger partial charge in [-0.05, 0) is 144 Å². The summed E-state index contributed by atoms with van der Waals surface area (Å²) in [6.07, 6.45) is 0. The van der Waals surface area contributed by atoms with Crippen LogP contribution in [-0.2, 0) is 80.9 Å². The molecule has 57 heteroatoms. The first-order valence-corrected chi connectivity index (χ1v) is 46.2. The Morgan fingerprint density at radius 2 is 0.772 bits per heavy atom. The Morgan fingerprint density at radius 3 is 1.24 bits per heavy atom. The van der Waals surface area contributed by atoms with Crippen molar-refractivity contribution in [1.29, 1.82) is 0 Å². The summed E-state index contributed by atoms with van der Waals surface area (Å²) in [6.45, 7) is 4.62. The molecule has 3 heterocycles. The van der Waals surface area contributed by atoms with E-state index in [-0.39, 0.29) is 98.3 Å². The number of halogens is 2. The number of azo groups is 4. The van der Waals surface area contributed by atoms with E-state index in [1.165, 1.54) is 32.0 Å². The van der Waals surface area contributed by atoms with Gasteiger partial charge in [0.1, 0.15) is 84.7 Å². The van der Waals surface area contributed by atoms with Crippen molar-refractivity contribution in [2.24, 2.45) is 40.9 Å². The lowest BCUT2D eigenvalue weighted by molar-refractivity contribution is 0.266. The van der Waals surface area contributed by atoms with Gasteiger partial charge in [0.05, 0.1) is 22.1 Å². The SMILES string of the molecule is Cc1cc2cc(S(=O)(=O)O)c(N=Nc3cc(Nc4nc(Cl)nc(N5CCN(CCNc6nc(Cl)nc(Nc7ccc(S(=O)(=O)O)c(N=Nc8c(C)cc9cc(S(=O)(=O)O)c(N=Nc%10ccc%11c(S(=O)(=O)O)cccc%11c%10S(=O)(=O)O)c(N)c9c8O)c7)n6)CC5)n4)ccc3S(=O)(=O)O)c(O)c2c(N)c1N=Nc1ccc2c(S(=O)(=O)O)cccc2c1S(=O)(=O)O. The Morgan fingerprint density at radius 1 is 0.382 bits per heavy atom. The number of hydrogen-bond donors (Lipinski definition) is 15. The highest BCUT2D eigenvalue weighted by Gasteiger charge is 2.32. The molecule has 642 valence electrons. The Hall–Kier alpha value is -12.1. The molecule has 1 saturated heterocycles. The summed E-state index contributed by atoms with van der Waals surface area (Å²) in [5.41, 5.74) is 6.33. The van der Waals surface area contributed by atoms with Crippen LogP contribution in [0.3, 0.4) is 0 Å². The van der Waals surface area contributed by atoms with Crippen molar-refractivity contribution in [3.63, 3.8) is 0 Å². The molecule has 10 aromatic carbocycles. The van der Waals surface area contributed by atoms with Crippen molar-refractivity contribution in [3.05, 3.63) is 143 Å². The fraction of sp³-hybridized carbons (Fsp3) is 0.121. The molecule has 0 amide bonds. The number of benzene rings is 10. The fourth-order valence-electron chi connectivity index (χ4n) is 12.9. The summed E-state index contributed by atoms with van der Waals surface area (Å²) in [4.78, 5) is 21.7. The van der Waals surface area contributed by atoms with E-state index in [1.54, 1.807) is 4.90 Å². The first-order chi connectivity index (χ1) is 57.3. The van der Waals surface area contributed by atoms with Gasteiger partial charge >= 0.3 is 0 Å². The number of aromatic nitrogens is 6. The predicted molar refractivity (Wildman–Crippen MR) is 439 cm³/mol. The van der Waals surface area contributed by atoms with E-state index in [0.29, 0.717) is 19.6 Å². The number of piperazine rings is 1. The molecule has 2 aromatic heterocycles. The molecular formula is C66H55Cl2N21O26S8. The molecule has 1 aliphatic rings. The molecule has 13 rings (SSSR count). The maximum atomic E-state index is 13.0. The summed E-state index contributed by atoms with van der Waals surface area (Å²) in [5, 5.41) is 60.0. The van der Waals surface area contributed by atoms with Crippen LogP contribution < -0.4 is 32.3 Å². The predicted octanol–water partition coefficient (Wildman–Crippen LogP) is 11.5. The van der Waals surface area contributed by atoms with Gasteiger partial charge in [-0.3, -0.25) is 41.3 Å². The molecule has 0 radical (unpaired) electrons. The van der Waals surface area contributed by atoms with Crippen LogP contribution in [-0.4, -0.2) is 188 Å². The minimum absolute atomic E-state index is 0.00362. The number of phenolic OH excluding ortho intramolecular Hbond substituents is 2. The lowest BCUT2D eigenvalue weighted by Gasteiger charge is -2.34. The molecule has 1 fully saturated rings. The Balaban J connectivity index is 0.687. The molecule has 0 unspecified atom stereocenters. The van der Waals surface area contributed by atoms with E-state index in [2.05, 4.69) is 86.8 Å². The highest BCUT2D eigenvalue weighted by molar-refractivity contribution is 7.88. The van der Waals surface area contributed by atoms with Crippen LogP contribution in [0.2, 0.25) is 10.6 Å². The van der Waals surface area contributed by atoms with Gasteiger partial charge in [0.15, 0.2) is 11.5 Å². The number of nitrogens with two attached hydrogens (primary N) is 2. The Bertz CT molecular complexity index is 7700. The molecule has 17 N–H and O–H groups in total. The van der Waals surface area contributed by atoms with Crippen molar-refractivity contribution in [2.75, 3.05) is 71.6 Å². The van der Waals surface area contributed by atoms with Gasteiger partial charge in [-0.15, -0.1) is 40.9 Å². The molecule has 0 bridgehead atoms. The van der Waals surface area contributed by atoms with Crippen LogP contribution in [0.5, 0.6) is 11.5 Å². The summed E-state index contributed by atoms with van der Waals surface area (Å²) < 4.78 is 284. The lowest BCUT2D eigenvalue weighted by atomic mass is 10.0. The Labute approximate surface area is 703 Å². The zero-order chi connectivity index (χ0) is 89.5. The third kappa shape index (κ3) is 18.9. The molecule has 0 atom stereocenters. The van der Waals surface area contributed by atoms with Gasteiger partial charge < -0.3 is 42.5 Å². The summed E-state index contributed by atoms with van der Waals surface area (Å²) >= 11 is 12.7. The second kappa shape index (κ2) is 32.9. The van der Waals surface area contributed by atoms with Gasteiger partial charge in [0.2, 0.25) is 34.4 Å². The molecule has 0 spiro atoms. The number of phenols is 2. The van der Waals surface area contributed by atoms with Crippen LogP contribution in [0.4, 0.5) is 92.0 Å². The van der Waals surface area contributed by atoms with Crippen LogP contribution in [0.1, 0.15) is 11.1 Å². The Kier molecular flexibility index (Phi) is 23.7. The molecule has 123 heavy (non-hydrogen) atoms. The van der Waals surface area contributed by atoms with E-state index in [9.17, 15) is 114 Å². The van der Waals surface area contributed by atoms with Gasteiger partial charge in [-0.25, -0.2) is 0 Å².